The van der Waals surface area contributed by atoms with Gasteiger partial charge in [-0.3, -0.25) is 0 Å². The van der Waals surface area contributed by atoms with Gasteiger partial charge in [0.2, 0.25) is 5.96 Å². The first-order valence-electron chi connectivity index (χ1n) is 15.8. The van der Waals surface area contributed by atoms with Gasteiger partial charge in [-0.25, -0.2) is 4.98 Å². The number of hydrogen-bond acceptors (Lipinski definition) is 5. The number of guanidine groups is 1. The van der Waals surface area contributed by atoms with Crippen LogP contribution in [0.5, 0.6) is 0 Å². The van der Waals surface area contributed by atoms with Crippen molar-refractivity contribution in [2.45, 2.75) is 71.9 Å². The van der Waals surface area contributed by atoms with Crippen LogP contribution in [0.1, 0.15) is 67.3 Å². The summed E-state index contributed by atoms with van der Waals surface area (Å²) in [4.78, 5) is 8.87. The van der Waals surface area contributed by atoms with E-state index in [0.29, 0.717) is 11.8 Å². The van der Waals surface area contributed by atoms with Crippen LogP contribution >= 0.6 is 0 Å². The van der Waals surface area contributed by atoms with Gasteiger partial charge in [0, 0.05) is 50.2 Å². The topological polar surface area (TPSA) is 95.8 Å². The Morgan fingerprint density at radius 2 is 1.50 bits per heavy atom. The van der Waals surface area contributed by atoms with E-state index in [-0.39, 0.29) is 43.8 Å². The van der Waals surface area contributed by atoms with E-state index in [1.165, 1.54) is 4.90 Å². The largest absolute Gasteiger partial charge is 0.416 e. The minimum absolute atomic E-state index is 0.0509. The minimum Gasteiger partial charge on any atom is -0.368 e. The number of nitrogens with two attached hydrogens (primary N) is 2. The Morgan fingerprint density at radius 1 is 0.913 bits per heavy atom. The Balaban J connectivity index is 0.00000235. The van der Waals surface area contributed by atoms with Crippen molar-refractivity contribution in [1.29, 1.82) is 0 Å². The molecule has 2 aliphatic carbocycles. The Kier molecular flexibility index (Phi) is 11.3. The number of rotatable bonds is 12. The van der Waals surface area contributed by atoms with Crippen LogP contribution < -0.4 is 21.8 Å². The van der Waals surface area contributed by atoms with Gasteiger partial charge in [0.05, 0.1) is 16.6 Å². The van der Waals surface area contributed by atoms with Gasteiger partial charge in [-0.2, -0.15) is 26.3 Å². The summed E-state index contributed by atoms with van der Waals surface area (Å²) in [5.74, 6) is 1.77. The number of alkyl halides is 6. The van der Waals surface area contributed by atoms with Crippen LogP contribution in [0.4, 0.5) is 32.2 Å². The number of para-hydroxylation sites is 1. The summed E-state index contributed by atoms with van der Waals surface area (Å²) in [5.41, 5.74) is 14.2. The highest BCUT2D eigenvalue weighted by molar-refractivity contribution is 5.85. The lowest BCUT2D eigenvalue weighted by Crippen LogP contribution is -2.39. The fourth-order valence-corrected chi connectivity index (χ4v) is 5.27. The monoisotopic (exact) mass is 651 g/mol. The smallest absolute Gasteiger partial charge is 0.368 e. The lowest BCUT2D eigenvalue weighted by Gasteiger charge is -2.30. The van der Waals surface area contributed by atoms with Crippen molar-refractivity contribution >= 4 is 22.7 Å². The molecule has 252 valence electrons. The molecular formula is C33H43F6N7. The predicted octanol–water partition coefficient (Wildman–Crippen LogP) is 7.01. The van der Waals surface area contributed by atoms with E-state index >= 15 is 0 Å². The normalized spacial score (nSPS) is 15.4. The van der Waals surface area contributed by atoms with E-state index in [0.717, 1.165) is 78.8 Å². The number of halogens is 6. The first-order chi connectivity index (χ1) is 21.8. The molecule has 7 nitrogen and oxygen atoms in total. The van der Waals surface area contributed by atoms with Gasteiger partial charge in [-0.1, -0.05) is 32.0 Å². The molecule has 1 aromatic heterocycles. The second-order valence-electron chi connectivity index (χ2n) is 11.8. The predicted molar refractivity (Wildman–Crippen MR) is 170 cm³/mol. The molecule has 1 heterocycles. The van der Waals surface area contributed by atoms with Crippen LogP contribution in [0.25, 0.3) is 10.9 Å². The number of pyridine rings is 1. The molecule has 2 saturated carbocycles. The quantitative estimate of drug-likeness (QED) is 0.0641. The van der Waals surface area contributed by atoms with Crippen molar-refractivity contribution in [1.82, 2.24) is 15.3 Å². The fraction of sp³-hybridized carbons (Fsp3) is 0.515. The molecule has 0 atom stereocenters. The zero-order valence-corrected chi connectivity index (χ0v) is 26.5. The third kappa shape index (κ3) is 9.40. The number of anilines is 1. The molecule has 0 unspecified atom stereocenters. The fourth-order valence-electron chi connectivity index (χ4n) is 5.27. The molecule has 0 radical (unpaired) electrons. The lowest BCUT2D eigenvalue weighted by atomic mass is 10.0. The molecule has 0 saturated heterocycles. The Hall–Kier alpha value is -3.74. The van der Waals surface area contributed by atoms with Crippen molar-refractivity contribution < 1.29 is 26.3 Å². The maximum Gasteiger partial charge on any atom is 0.416 e. The van der Waals surface area contributed by atoms with Gasteiger partial charge in [-0.15, -0.1) is 5.10 Å². The molecule has 46 heavy (non-hydrogen) atoms. The third-order valence-electron chi connectivity index (χ3n) is 7.91. The van der Waals surface area contributed by atoms with Gasteiger partial charge < -0.3 is 26.7 Å². The Morgan fingerprint density at radius 3 is 2.02 bits per heavy atom. The Labute approximate surface area is 266 Å². The highest BCUT2D eigenvalue weighted by Crippen LogP contribution is 2.39. The zero-order valence-electron chi connectivity index (χ0n) is 26.5. The number of aryl methyl sites for hydroxylation is 1. The molecular weight excluding hydrogens is 608 g/mol. The standard InChI is InChI=1S/C31H37F6N7.C2H6/c1-19-3-2-4-23-13-24(28(41-27(19)23)43(15-20-5-6-20)16-21-7-8-21)18-44(29(39)42-40-10-9-38)17-22-11-25(30(32,33)34)14-26(12-22)31(35,36)37;1-2/h2-4,11-14,20-21,40H,5-10,15-18,38H2,1H3,(H2,39,42);1-2H3. The Bertz CT molecular complexity index is 1450. The molecule has 0 spiro atoms. The average molecular weight is 652 g/mol. The van der Waals surface area contributed by atoms with Crippen molar-refractivity contribution in [3.63, 3.8) is 0 Å². The molecule has 0 bridgehead atoms. The van der Waals surface area contributed by atoms with Crippen molar-refractivity contribution in [2.24, 2.45) is 28.4 Å². The molecule has 5 N–H and O–H groups in total. The van der Waals surface area contributed by atoms with Gasteiger partial charge in [0.25, 0.3) is 0 Å². The number of hydrogen-bond donors (Lipinski definition) is 3. The number of nitrogens with one attached hydrogen (secondary N) is 1. The van der Waals surface area contributed by atoms with E-state index in [4.69, 9.17) is 16.5 Å². The maximum absolute atomic E-state index is 13.7. The minimum atomic E-state index is -4.97. The van der Waals surface area contributed by atoms with Gasteiger partial charge >= 0.3 is 12.4 Å². The van der Waals surface area contributed by atoms with Crippen molar-refractivity contribution in [3.05, 3.63) is 70.3 Å². The molecule has 0 aliphatic heterocycles. The van der Waals surface area contributed by atoms with E-state index < -0.39 is 23.5 Å². The third-order valence-corrected chi connectivity index (χ3v) is 7.91. The summed E-state index contributed by atoms with van der Waals surface area (Å²) in [6.45, 7) is 7.86. The van der Waals surface area contributed by atoms with Crippen LogP contribution in [0.2, 0.25) is 0 Å². The van der Waals surface area contributed by atoms with Crippen LogP contribution in [-0.4, -0.2) is 42.0 Å². The van der Waals surface area contributed by atoms with Gasteiger partial charge in [-0.05, 0) is 79.8 Å². The van der Waals surface area contributed by atoms with E-state index in [1.807, 2.05) is 45.0 Å². The first kappa shape index (κ1) is 35.1. The van der Waals surface area contributed by atoms with Crippen LogP contribution in [0.3, 0.4) is 0 Å². The first-order valence-corrected chi connectivity index (χ1v) is 15.8. The summed E-state index contributed by atoms with van der Waals surface area (Å²) in [6.07, 6.45) is -5.39. The molecule has 3 aromatic rings. The number of benzene rings is 2. The van der Waals surface area contributed by atoms with Crippen LogP contribution in [0, 0.1) is 18.8 Å². The SMILES string of the molecule is CC.Cc1cccc2cc(CN(Cc3cc(C(F)(F)F)cc(C(F)(F)F)c3)/C(N)=N/NCCN)c(N(CC3CC3)CC3CC3)nc12. The summed E-state index contributed by atoms with van der Waals surface area (Å²) < 4.78 is 82.0. The second-order valence-corrected chi connectivity index (χ2v) is 11.8. The number of fused-ring (bicyclic) bond motifs is 1. The average Bonchev–Trinajstić information content (AvgIpc) is 3.94. The number of aromatic nitrogens is 1. The number of nitrogens with zero attached hydrogens (tertiary/aromatic N) is 4. The van der Waals surface area contributed by atoms with Crippen molar-refractivity contribution in [2.75, 3.05) is 31.1 Å². The molecule has 0 amide bonds. The maximum atomic E-state index is 13.7. The van der Waals surface area contributed by atoms with Gasteiger partial charge in [0.15, 0.2) is 0 Å². The van der Waals surface area contributed by atoms with E-state index in [2.05, 4.69) is 15.4 Å². The summed E-state index contributed by atoms with van der Waals surface area (Å²) in [5, 5.41) is 5.00. The zero-order chi connectivity index (χ0) is 33.6. The lowest BCUT2D eigenvalue weighted by molar-refractivity contribution is -0.143. The van der Waals surface area contributed by atoms with Crippen LogP contribution in [-0.2, 0) is 25.4 Å². The summed E-state index contributed by atoms with van der Waals surface area (Å²) in [7, 11) is 0. The highest BCUT2D eigenvalue weighted by Gasteiger charge is 2.37. The molecule has 2 aliphatic rings. The summed E-state index contributed by atoms with van der Waals surface area (Å²) in [6, 6.07) is 9.38. The second kappa shape index (κ2) is 14.8. The van der Waals surface area contributed by atoms with Crippen LogP contribution in [0.15, 0.2) is 47.6 Å². The molecule has 5 rings (SSSR count). The highest BCUT2D eigenvalue weighted by atomic mass is 19.4. The number of hydrazone groups is 1. The van der Waals surface area contributed by atoms with Crippen molar-refractivity contribution in [3.8, 4) is 0 Å². The summed E-state index contributed by atoms with van der Waals surface area (Å²) >= 11 is 0. The molecule has 2 fully saturated rings. The van der Waals surface area contributed by atoms with E-state index in [1.54, 1.807) is 0 Å². The van der Waals surface area contributed by atoms with E-state index in [9.17, 15) is 26.3 Å². The van der Waals surface area contributed by atoms with Gasteiger partial charge in [0.1, 0.15) is 5.82 Å². The molecule has 13 heteroatoms. The molecule has 2 aromatic carbocycles.